The smallest absolute Gasteiger partial charge is 0.364 e. The average Bonchev–Trinajstić information content (AvgIpc) is 3.07. The maximum absolute atomic E-state index is 12.4. The molecule has 0 bridgehead atoms. The second kappa shape index (κ2) is 7.72. The van der Waals surface area contributed by atoms with Gasteiger partial charge in [-0.05, 0) is 29.3 Å². The summed E-state index contributed by atoms with van der Waals surface area (Å²) in [5.74, 6) is -0.642. The number of amides is 1. The van der Waals surface area contributed by atoms with Crippen LogP contribution in [0, 0.1) is 0 Å². The molecule has 1 heterocycles. The Morgan fingerprint density at radius 2 is 2.09 bits per heavy atom. The van der Waals surface area contributed by atoms with Crippen LogP contribution in [-0.4, -0.2) is 19.0 Å². The van der Waals surface area contributed by atoms with Crippen molar-refractivity contribution in [3.8, 4) is 0 Å². The van der Waals surface area contributed by atoms with E-state index in [0.717, 1.165) is 5.56 Å². The summed E-state index contributed by atoms with van der Waals surface area (Å²) in [6.45, 7) is 2.06. The third-order valence-corrected chi connectivity index (χ3v) is 3.73. The molecule has 6 heteroatoms. The van der Waals surface area contributed by atoms with Gasteiger partial charge in [0.2, 0.25) is 6.41 Å². The fourth-order valence-electron chi connectivity index (χ4n) is 1.99. The van der Waals surface area contributed by atoms with Crippen molar-refractivity contribution in [3.63, 3.8) is 0 Å². The molecule has 0 spiro atoms. The number of carbonyl (C=O) groups excluding carboxylic acids is 2. The minimum atomic E-state index is -1.63. The predicted octanol–water partition coefficient (Wildman–Crippen LogP) is 2.43. The van der Waals surface area contributed by atoms with Crippen LogP contribution in [0.15, 0.2) is 47.2 Å². The van der Waals surface area contributed by atoms with Gasteiger partial charge in [-0.3, -0.25) is 4.79 Å². The van der Waals surface area contributed by atoms with E-state index in [-0.39, 0.29) is 13.2 Å². The first-order valence-electron chi connectivity index (χ1n) is 6.82. The molecule has 0 aliphatic carbocycles. The maximum Gasteiger partial charge on any atom is 0.364 e. The fraction of sp³-hybridized carbons (Fsp3) is 0.250. The summed E-state index contributed by atoms with van der Waals surface area (Å²) in [6.07, 6.45) is 0.444. The number of hydrogen-bond donors (Lipinski definition) is 1. The first-order chi connectivity index (χ1) is 10.7. The summed E-state index contributed by atoms with van der Waals surface area (Å²) in [5.41, 5.74) is -0.203. The molecule has 1 atom stereocenters. The second-order valence-electron chi connectivity index (χ2n) is 4.45. The Hall–Kier alpha value is -2.18. The third-order valence-electron chi connectivity index (χ3n) is 3.05. The van der Waals surface area contributed by atoms with Crippen LogP contribution in [0.5, 0.6) is 0 Å². The first kappa shape index (κ1) is 16.2. The molecule has 1 unspecified atom stereocenters. The van der Waals surface area contributed by atoms with Crippen LogP contribution >= 0.6 is 11.3 Å². The third kappa shape index (κ3) is 3.52. The van der Waals surface area contributed by atoms with Crippen molar-refractivity contribution in [2.24, 2.45) is 0 Å². The number of ether oxygens (including phenoxy) is 2. The quantitative estimate of drug-likeness (QED) is 0.461. The van der Waals surface area contributed by atoms with Crippen LogP contribution in [0.25, 0.3) is 0 Å². The highest BCUT2D eigenvalue weighted by atomic mass is 32.1. The van der Waals surface area contributed by atoms with Crippen molar-refractivity contribution in [2.75, 3.05) is 6.61 Å². The summed E-state index contributed by atoms with van der Waals surface area (Å²) in [6, 6.07) is 11.1. The molecule has 2 rings (SSSR count). The van der Waals surface area contributed by atoms with Gasteiger partial charge < -0.3 is 14.8 Å². The van der Waals surface area contributed by atoms with Crippen molar-refractivity contribution in [3.05, 3.63) is 58.3 Å². The van der Waals surface area contributed by atoms with Crippen molar-refractivity contribution >= 4 is 23.7 Å². The molecule has 0 saturated carbocycles. The van der Waals surface area contributed by atoms with E-state index in [0.29, 0.717) is 12.0 Å². The Kier molecular flexibility index (Phi) is 5.68. The van der Waals surface area contributed by atoms with Gasteiger partial charge in [0.05, 0.1) is 13.2 Å². The average molecular weight is 319 g/mol. The van der Waals surface area contributed by atoms with Gasteiger partial charge in [0.25, 0.3) is 5.72 Å². The molecule has 0 aliphatic rings. The molecular weight excluding hydrogens is 302 g/mol. The largest absolute Gasteiger partial charge is 0.462 e. The van der Waals surface area contributed by atoms with E-state index in [4.69, 9.17) is 9.47 Å². The lowest BCUT2D eigenvalue weighted by molar-refractivity contribution is -0.183. The highest BCUT2D eigenvalue weighted by Gasteiger charge is 2.43. The van der Waals surface area contributed by atoms with Gasteiger partial charge in [0.15, 0.2) is 0 Å². The molecular formula is C16H17NO4S. The van der Waals surface area contributed by atoms with E-state index in [9.17, 15) is 9.59 Å². The topological polar surface area (TPSA) is 64.6 Å². The van der Waals surface area contributed by atoms with Gasteiger partial charge in [-0.1, -0.05) is 30.3 Å². The Labute approximate surface area is 132 Å². The van der Waals surface area contributed by atoms with Crippen LogP contribution in [-0.2, 0) is 31.4 Å². The zero-order chi connectivity index (χ0) is 15.8. The van der Waals surface area contributed by atoms with E-state index in [1.54, 1.807) is 18.4 Å². The number of hydrogen-bond acceptors (Lipinski definition) is 5. The van der Waals surface area contributed by atoms with E-state index in [2.05, 4.69) is 5.32 Å². The Morgan fingerprint density at radius 3 is 2.68 bits per heavy atom. The molecule has 1 aromatic carbocycles. The molecule has 116 valence electrons. The van der Waals surface area contributed by atoms with E-state index < -0.39 is 11.7 Å². The lowest BCUT2D eigenvalue weighted by atomic mass is 10.1. The lowest BCUT2D eigenvalue weighted by Gasteiger charge is -2.30. The number of carbonyl (C=O) groups is 2. The van der Waals surface area contributed by atoms with Gasteiger partial charge in [0, 0.05) is 5.56 Å². The molecule has 0 radical (unpaired) electrons. The molecule has 0 aliphatic heterocycles. The zero-order valence-corrected chi connectivity index (χ0v) is 13.0. The Bertz CT molecular complexity index is 600. The molecule has 1 aromatic heterocycles. The SMILES string of the molecule is CCOC(=O)C(NC=O)(OCc1ccccc1)c1ccsc1. The van der Waals surface area contributed by atoms with Gasteiger partial charge >= 0.3 is 5.97 Å². The van der Waals surface area contributed by atoms with Gasteiger partial charge in [0.1, 0.15) is 0 Å². The Balaban J connectivity index is 2.30. The summed E-state index contributed by atoms with van der Waals surface area (Å²) < 4.78 is 10.9. The molecule has 2 aromatic rings. The van der Waals surface area contributed by atoms with E-state index in [1.165, 1.54) is 11.3 Å². The van der Waals surface area contributed by atoms with Crippen molar-refractivity contribution < 1.29 is 19.1 Å². The van der Waals surface area contributed by atoms with Gasteiger partial charge in [-0.15, -0.1) is 0 Å². The number of nitrogens with one attached hydrogen (secondary N) is 1. The van der Waals surface area contributed by atoms with Crippen molar-refractivity contribution in [2.45, 2.75) is 19.3 Å². The number of esters is 1. The van der Waals surface area contributed by atoms with E-state index in [1.807, 2.05) is 35.7 Å². The fourth-order valence-corrected chi connectivity index (χ4v) is 2.69. The second-order valence-corrected chi connectivity index (χ2v) is 5.23. The number of benzene rings is 1. The van der Waals surface area contributed by atoms with Crippen molar-refractivity contribution in [1.82, 2.24) is 5.32 Å². The Morgan fingerprint density at radius 1 is 1.32 bits per heavy atom. The monoisotopic (exact) mass is 319 g/mol. The van der Waals surface area contributed by atoms with Crippen LogP contribution in [0.2, 0.25) is 0 Å². The van der Waals surface area contributed by atoms with Gasteiger partial charge in [-0.25, -0.2) is 4.79 Å². The maximum atomic E-state index is 12.4. The van der Waals surface area contributed by atoms with Gasteiger partial charge in [-0.2, -0.15) is 11.3 Å². The normalized spacial score (nSPS) is 13.1. The van der Waals surface area contributed by atoms with Crippen LogP contribution in [0.1, 0.15) is 18.1 Å². The van der Waals surface area contributed by atoms with Crippen LogP contribution < -0.4 is 5.32 Å². The highest BCUT2D eigenvalue weighted by molar-refractivity contribution is 7.08. The summed E-state index contributed by atoms with van der Waals surface area (Å²) in [7, 11) is 0. The first-order valence-corrected chi connectivity index (χ1v) is 7.76. The molecule has 0 saturated heterocycles. The molecule has 1 N–H and O–H groups in total. The van der Waals surface area contributed by atoms with Crippen LogP contribution in [0.3, 0.4) is 0 Å². The summed E-state index contributed by atoms with van der Waals surface area (Å²) in [5, 5.41) is 6.04. The number of thiophene rings is 1. The highest BCUT2D eigenvalue weighted by Crippen LogP contribution is 2.28. The van der Waals surface area contributed by atoms with Crippen molar-refractivity contribution in [1.29, 1.82) is 0 Å². The minimum absolute atomic E-state index is 0.163. The lowest BCUT2D eigenvalue weighted by Crippen LogP contribution is -2.51. The summed E-state index contributed by atoms with van der Waals surface area (Å²) >= 11 is 1.41. The van der Waals surface area contributed by atoms with Crippen LogP contribution in [0.4, 0.5) is 0 Å². The summed E-state index contributed by atoms with van der Waals surface area (Å²) in [4.78, 5) is 23.5. The molecule has 1 amide bonds. The standard InChI is InChI=1S/C16H17NO4S/c1-2-20-15(19)16(17-12-18,14-8-9-22-11-14)21-10-13-6-4-3-5-7-13/h3-9,11-12H,2,10H2,1H3,(H,17,18). The number of rotatable bonds is 8. The van der Waals surface area contributed by atoms with E-state index >= 15 is 0 Å². The minimum Gasteiger partial charge on any atom is -0.462 e. The molecule has 5 nitrogen and oxygen atoms in total. The molecule has 22 heavy (non-hydrogen) atoms. The predicted molar refractivity (Wildman–Crippen MR) is 83.1 cm³/mol. The molecule has 0 fully saturated rings. The zero-order valence-electron chi connectivity index (χ0n) is 12.2.